The number of hydrogen-bond donors (Lipinski definition) is 0. The van der Waals surface area contributed by atoms with Crippen LogP contribution in [0.1, 0.15) is 11.1 Å². The highest BCUT2D eigenvalue weighted by Crippen LogP contribution is 2.31. The fraction of sp³-hybridized carbons (Fsp3) is 0.143. The van der Waals surface area contributed by atoms with Crippen LogP contribution >= 0.6 is 0 Å². The van der Waals surface area contributed by atoms with Crippen LogP contribution in [-0.4, -0.2) is 13.3 Å². The van der Waals surface area contributed by atoms with E-state index in [0.717, 1.165) is 24.3 Å². The van der Waals surface area contributed by atoms with Crippen molar-refractivity contribution in [2.75, 3.05) is 0 Å². The van der Waals surface area contributed by atoms with Crippen molar-refractivity contribution in [3.05, 3.63) is 69.5 Å². The van der Waals surface area contributed by atoms with Crippen LogP contribution in [0.15, 0.2) is 42.5 Å². The van der Waals surface area contributed by atoms with Crippen molar-refractivity contribution in [1.82, 2.24) is 0 Å². The molecule has 2 rings (SSSR count). The molecule has 11 heteroatoms. The van der Waals surface area contributed by atoms with Gasteiger partial charge < -0.3 is 4.18 Å². The summed E-state index contributed by atoms with van der Waals surface area (Å²) in [4.78, 5) is 9.84. The number of benzene rings is 2. The summed E-state index contributed by atoms with van der Waals surface area (Å²) >= 11 is 0. The van der Waals surface area contributed by atoms with Gasteiger partial charge in [-0.2, -0.15) is 21.6 Å². The smallest absolute Gasteiger partial charge is 0.375 e. The molecule has 134 valence electrons. The number of hydrogen-bond acceptors (Lipinski definition) is 5. The van der Waals surface area contributed by atoms with Crippen LogP contribution in [0.4, 0.5) is 23.2 Å². The number of alkyl halides is 3. The van der Waals surface area contributed by atoms with Crippen molar-refractivity contribution in [3.8, 4) is 5.75 Å². The van der Waals surface area contributed by atoms with Gasteiger partial charge in [-0.3, -0.25) is 10.1 Å². The van der Waals surface area contributed by atoms with E-state index >= 15 is 0 Å². The molecule has 0 saturated carbocycles. The first-order chi connectivity index (χ1) is 11.5. The Hall–Kier alpha value is -2.69. The van der Waals surface area contributed by atoms with Crippen molar-refractivity contribution >= 4 is 15.8 Å². The van der Waals surface area contributed by atoms with E-state index in [1.54, 1.807) is 0 Å². The standard InChI is InChI=1S/C14H9F4NO5S/c15-11-4-5-12(19(20)21)13(7-11)24-25(22,23)8-9-2-1-3-10(6-9)14(16,17)18/h1-7H,8H2. The Labute approximate surface area is 138 Å². The highest BCUT2D eigenvalue weighted by atomic mass is 32.2. The molecule has 0 aromatic heterocycles. The quantitative estimate of drug-likeness (QED) is 0.342. The fourth-order valence-electron chi connectivity index (χ4n) is 1.91. The Bertz CT molecular complexity index is 912. The molecule has 0 bridgehead atoms. The van der Waals surface area contributed by atoms with E-state index in [4.69, 9.17) is 0 Å². The molecular formula is C14H9F4NO5S. The Kier molecular flexibility index (Phi) is 4.97. The van der Waals surface area contributed by atoms with E-state index in [0.29, 0.717) is 18.2 Å². The maximum absolute atomic E-state index is 13.2. The van der Waals surface area contributed by atoms with Gasteiger partial charge in [0.15, 0.2) is 0 Å². The van der Waals surface area contributed by atoms with Crippen molar-refractivity contribution in [2.24, 2.45) is 0 Å². The minimum absolute atomic E-state index is 0.242. The Morgan fingerprint density at radius 3 is 2.40 bits per heavy atom. The zero-order valence-corrected chi connectivity index (χ0v) is 13.0. The minimum atomic E-state index is -4.66. The molecule has 0 aliphatic carbocycles. The lowest BCUT2D eigenvalue weighted by molar-refractivity contribution is -0.385. The van der Waals surface area contributed by atoms with Gasteiger partial charge in [0.05, 0.1) is 10.5 Å². The topological polar surface area (TPSA) is 86.5 Å². The summed E-state index contributed by atoms with van der Waals surface area (Å²) in [6, 6.07) is 5.46. The Balaban J connectivity index is 2.30. The zero-order valence-electron chi connectivity index (χ0n) is 12.2. The normalized spacial score (nSPS) is 12.0. The molecule has 0 amide bonds. The molecule has 0 spiro atoms. The number of rotatable bonds is 5. The summed E-state index contributed by atoms with van der Waals surface area (Å²) in [6.07, 6.45) is -4.66. The SMILES string of the molecule is O=[N+]([O-])c1ccc(F)cc1OS(=O)(=O)Cc1cccc(C(F)(F)F)c1. The summed E-state index contributed by atoms with van der Waals surface area (Å²) in [7, 11) is -4.56. The molecule has 0 atom stereocenters. The van der Waals surface area contributed by atoms with Crippen molar-refractivity contribution in [3.63, 3.8) is 0 Å². The highest BCUT2D eigenvalue weighted by Gasteiger charge is 2.31. The van der Waals surface area contributed by atoms with Crippen LogP contribution in [0.25, 0.3) is 0 Å². The molecule has 25 heavy (non-hydrogen) atoms. The van der Waals surface area contributed by atoms with Crippen LogP contribution in [0.3, 0.4) is 0 Å². The second-order valence-corrected chi connectivity index (χ2v) is 6.42. The van der Waals surface area contributed by atoms with E-state index in [-0.39, 0.29) is 5.56 Å². The summed E-state index contributed by atoms with van der Waals surface area (Å²) in [6.45, 7) is 0. The molecule has 2 aromatic rings. The number of nitro groups is 1. The van der Waals surface area contributed by atoms with Crippen molar-refractivity contribution < 1.29 is 35.1 Å². The third-order valence-corrected chi connectivity index (χ3v) is 4.05. The van der Waals surface area contributed by atoms with Crippen LogP contribution in [0, 0.1) is 15.9 Å². The van der Waals surface area contributed by atoms with Gasteiger partial charge >= 0.3 is 22.0 Å². The highest BCUT2D eigenvalue weighted by molar-refractivity contribution is 7.86. The third kappa shape index (κ3) is 4.89. The molecule has 2 aromatic carbocycles. The third-order valence-electron chi connectivity index (χ3n) is 2.93. The van der Waals surface area contributed by atoms with Crippen LogP contribution in [-0.2, 0) is 22.0 Å². The van der Waals surface area contributed by atoms with E-state index in [1.165, 1.54) is 0 Å². The van der Waals surface area contributed by atoms with Gasteiger partial charge in [-0.05, 0) is 17.7 Å². The van der Waals surface area contributed by atoms with Gasteiger partial charge in [-0.15, -0.1) is 0 Å². The molecule has 0 fully saturated rings. The molecule has 0 aliphatic rings. The fourth-order valence-corrected chi connectivity index (χ4v) is 2.97. The molecule has 0 saturated heterocycles. The molecule has 6 nitrogen and oxygen atoms in total. The van der Waals surface area contributed by atoms with Gasteiger partial charge in [0.2, 0.25) is 5.75 Å². The Morgan fingerprint density at radius 1 is 1.12 bits per heavy atom. The predicted octanol–water partition coefficient (Wildman–Crippen LogP) is 3.66. The lowest BCUT2D eigenvalue weighted by atomic mass is 10.1. The molecule has 0 aliphatic heterocycles. The molecule has 0 heterocycles. The molecule has 0 radical (unpaired) electrons. The second kappa shape index (κ2) is 6.67. The first kappa shape index (κ1) is 18.6. The summed E-state index contributed by atoms with van der Waals surface area (Å²) in [5.74, 6) is -2.82. The summed E-state index contributed by atoms with van der Waals surface area (Å²) in [5, 5.41) is 10.8. The van der Waals surface area contributed by atoms with E-state index in [9.17, 15) is 36.1 Å². The molecule has 0 unspecified atom stereocenters. The van der Waals surface area contributed by atoms with Crippen molar-refractivity contribution in [1.29, 1.82) is 0 Å². The van der Waals surface area contributed by atoms with Crippen LogP contribution < -0.4 is 4.18 Å². The van der Waals surface area contributed by atoms with E-state index < -0.39 is 49.8 Å². The lowest BCUT2D eigenvalue weighted by Gasteiger charge is -2.10. The first-order valence-electron chi connectivity index (χ1n) is 6.50. The van der Waals surface area contributed by atoms with Gasteiger partial charge in [-0.1, -0.05) is 18.2 Å². The summed E-state index contributed by atoms with van der Waals surface area (Å²) < 4.78 is 79.5. The number of nitro benzene ring substituents is 1. The molecular weight excluding hydrogens is 370 g/mol. The van der Waals surface area contributed by atoms with E-state index in [1.807, 2.05) is 0 Å². The average Bonchev–Trinajstić information content (AvgIpc) is 2.45. The summed E-state index contributed by atoms with van der Waals surface area (Å²) in [5.41, 5.74) is -2.10. The zero-order chi connectivity index (χ0) is 18.8. The van der Waals surface area contributed by atoms with Gasteiger partial charge in [0.25, 0.3) is 0 Å². The van der Waals surface area contributed by atoms with Crippen LogP contribution in [0.2, 0.25) is 0 Å². The Morgan fingerprint density at radius 2 is 1.80 bits per heavy atom. The number of halogens is 4. The van der Waals surface area contributed by atoms with Gasteiger partial charge in [0, 0.05) is 12.1 Å². The number of nitrogens with zero attached hydrogens (tertiary/aromatic N) is 1. The van der Waals surface area contributed by atoms with Gasteiger partial charge in [-0.25, -0.2) is 4.39 Å². The van der Waals surface area contributed by atoms with E-state index in [2.05, 4.69) is 4.18 Å². The maximum atomic E-state index is 13.2. The first-order valence-corrected chi connectivity index (χ1v) is 8.08. The van der Waals surface area contributed by atoms with Gasteiger partial charge in [0.1, 0.15) is 11.6 Å². The average molecular weight is 379 g/mol. The predicted molar refractivity (Wildman–Crippen MR) is 77.8 cm³/mol. The maximum Gasteiger partial charge on any atom is 0.416 e. The largest absolute Gasteiger partial charge is 0.416 e. The minimum Gasteiger partial charge on any atom is -0.375 e. The van der Waals surface area contributed by atoms with Crippen molar-refractivity contribution in [2.45, 2.75) is 11.9 Å². The lowest BCUT2D eigenvalue weighted by Crippen LogP contribution is -2.14. The molecule has 0 N–H and O–H groups in total. The van der Waals surface area contributed by atoms with Crippen LogP contribution in [0.5, 0.6) is 5.75 Å². The monoisotopic (exact) mass is 379 g/mol. The second-order valence-electron chi connectivity index (χ2n) is 4.85.